The van der Waals surface area contributed by atoms with Gasteiger partial charge in [0, 0.05) is 31.3 Å². The monoisotopic (exact) mass is 399 g/mol. The Hall–Kier alpha value is -1.87. The fraction of sp³-hybridized carbons (Fsp3) is 0.353. The van der Waals surface area contributed by atoms with Gasteiger partial charge in [-0.1, -0.05) is 18.2 Å². The zero-order chi connectivity index (χ0) is 17.9. The number of piperazine rings is 1. The number of para-hydroxylation sites is 1. The van der Waals surface area contributed by atoms with E-state index in [0.29, 0.717) is 31.3 Å². The summed E-state index contributed by atoms with van der Waals surface area (Å²) in [6.07, 6.45) is 1.33. The number of rotatable bonds is 5. The summed E-state index contributed by atoms with van der Waals surface area (Å²) < 4.78 is 38.2. The van der Waals surface area contributed by atoms with Crippen LogP contribution in [0.2, 0.25) is 0 Å². The highest BCUT2D eigenvalue weighted by atomic mass is 35.5. The van der Waals surface area contributed by atoms with Crippen LogP contribution >= 0.6 is 12.4 Å². The van der Waals surface area contributed by atoms with Crippen LogP contribution in [-0.2, 0) is 10.0 Å². The van der Waals surface area contributed by atoms with E-state index < -0.39 is 10.0 Å². The van der Waals surface area contributed by atoms with Gasteiger partial charge in [0.2, 0.25) is 15.9 Å². The number of methoxy groups -OCH3 is 2. The molecule has 0 amide bonds. The number of halogens is 1. The van der Waals surface area contributed by atoms with E-state index in [1.165, 1.54) is 23.7 Å². The van der Waals surface area contributed by atoms with Gasteiger partial charge in [-0.15, -0.1) is 12.4 Å². The smallest absolute Gasteiger partial charge is 0.245 e. The molecular weight excluding hydrogens is 378 g/mol. The molecule has 0 aliphatic carbocycles. The van der Waals surface area contributed by atoms with E-state index in [-0.39, 0.29) is 23.3 Å². The number of aromatic nitrogens is 1. The van der Waals surface area contributed by atoms with Crippen molar-refractivity contribution in [3.8, 4) is 11.6 Å². The number of hydrogen-bond acceptors (Lipinski definition) is 6. The number of benzene rings is 1. The molecule has 1 atom stereocenters. The van der Waals surface area contributed by atoms with Gasteiger partial charge in [0.15, 0.2) is 0 Å². The summed E-state index contributed by atoms with van der Waals surface area (Å²) in [5, 5.41) is 3.26. The van der Waals surface area contributed by atoms with Gasteiger partial charge in [-0.25, -0.2) is 13.4 Å². The van der Waals surface area contributed by atoms with Gasteiger partial charge in [-0.2, -0.15) is 4.31 Å². The van der Waals surface area contributed by atoms with Crippen LogP contribution in [0.15, 0.2) is 47.5 Å². The molecule has 1 aliphatic rings. The largest absolute Gasteiger partial charge is 0.496 e. The maximum Gasteiger partial charge on any atom is 0.245 e. The second kappa shape index (κ2) is 8.68. The molecule has 0 spiro atoms. The third-order valence-electron chi connectivity index (χ3n) is 4.22. The van der Waals surface area contributed by atoms with Gasteiger partial charge in [0.05, 0.1) is 26.5 Å². The molecule has 0 saturated carbocycles. The molecule has 0 bridgehead atoms. The summed E-state index contributed by atoms with van der Waals surface area (Å²) in [4.78, 5) is 4.17. The normalized spacial score (nSPS) is 18.0. The molecule has 26 heavy (non-hydrogen) atoms. The molecular formula is C17H22ClN3O4S. The highest BCUT2D eigenvalue weighted by molar-refractivity contribution is 7.89. The molecule has 0 radical (unpaired) electrons. The van der Waals surface area contributed by atoms with Crippen LogP contribution in [0.25, 0.3) is 0 Å². The van der Waals surface area contributed by atoms with Crippen LogP contribution in [-0.4, -0.2) is 51.6 Å². The maximum absolute atomic E-state index is 13.1. The first kappa shape index (κ1) is 20.4. The molecule has 1 aliphatic heterocycles. The standard InChI is InChI=1S/C17H21N3O4S.ClH/c1-23-16-6-4-3-5-14(16)15-12-18-9-10-20(15)25(21,22)13-7-8-17(24-2)19-11-13;/h3-8,11,15,18H,9-10,12H2,1-2H3;1H. The summed E-state index contributed by atoms with van der Waals surface area (Å²) in [6, 6.07) is 10.2. The van der Waals surface area contributed by atoms with Gasteiger partial charge in [-0.3, -0.25) is 0 Å². The van der Waals surface area contributed by atoms with Crippen molar-refractivity contribution in [2.75, 3.05) is 33.9 Å². The number of hydrogen-bond donors (Lipinski definition) is 1. The van der Waals surface area contributed by atoms with Crippen molar-refractivity contribution in [1.82, 2.24) is 14.6 Å². The van der Waals surface area contributed by atoms with Crippen LogP contribution in [0.4, 0.5) is 0 Å². The van der Waals surface area contributed by atoms with Crippen LogP contribution in [0.1, 0.15) is 11.6 Å². The molecule has 1 fully saturated rings. The van der Waals surface area contributed by atoms with Crippen molar-refractivity contribution >= 4 is 22.4 Å². The van der Waals surface area contributed by atoms with Crippen LogP contribution in [0.5, 0.6) is 11.6 Å². The minimum absolute atomic E-state index is 0. The minimum Gasteiger partial charge on any atom is -0.496 e. The van der Waals surface area contributed by atoms with Gasteiger partial charge in [0.25, 0.3) is 0 Å². The highest BCUT2D eigenvalue weighted by Gasteiger charge is 2.35. The van der Waals surface area contributed by atoms with E-state index in [0.717, 1.165) is 5.56 Å². The third kappa shape index (κ3) is 3.93. The zero-order valence-electron chi connectivity index (χ0n) is 14.6. The number of nitrogens with one attached hydrogen (secondary N) is 1. The van der Waals surface area contributed by atoms with Crippen LogP contribution in [0, 0.1) is 0 Å². The van der Waals surface area contributed by atoms with Crippen LogP contribution < -0.4 is 14.8 Å². The van der Waals surface area contributed by atoms with Crippen molar-refractivity contribution in [3.63, 3.8) is 0 Å². The Bertz CT molecular complexity index is 830. The van der Waals surface area contributed by atoms with Crippen molar-refractivity contribution in [2.24, 2.45) is 0 Å². The Morgan fingerprint density at radius 3 is 2.58 bits per heavy atom. The quantitative estimate of drug-likeness (QED) is 0.826. The predicted octanol–water partition coefficient (Wildman–Crippen LogP) is 1.86. The van der Waals surface area contributed by atoms with E-state index in [4.69, 9.17) is 9.47 Å². The first-order valence-corrected chi connectivity index (χ1v) is 9.37. The molecule has 142 valence electrons. The molecule has 1 aromatic heterocycles. The Labute approximate surface area is 159 Å². The summed E-state index contributed by atoms with van der Waals surface area (Å²) in [5.41, 5.74) is 0.835. The summed E-state index contributed by atoms with van der Waals surface area (Å²) in [7, 11) is -0.614. The summed E-state index contributed by atoms with van der Waals surface area (Å²) >= 11 is 0. The first-order valence-electron chi connectivity index (χ1n) is 7.93. The Balaban J connectivity index is 0.00000243. The molecule has 2 heterocycles. The molecule has 1 N–H and O–H groups in total. The lowest BCUT2D eigenvalue weighted by Gasteiger charge is -2.35. The minimum atomic E-state index is -3.69. The van der Waals surface area contributed by atoms with E-state index in [2.05, 4.69) is 10.3 Å². The molecule has 2 aromatic rings. The van der Waals surface area contributed by atoms with Gasteiger partial charge >= 0.3 is 0 Å². The van der Waals surface area contributed by atoms with Crippen molar-refractivity contribution < 1.29 is 17.9 Å². The Kier molecular flexibility index (Phi) is 6.82. The first-order chi connectivity index (χ1) is 12.1. The van der Waals surface area contributed by atoms with E-state index in [9.17, 15) is 8.42 Å². The van der Waals surface area contributed by atoms with E-state index in [1.807, 2.05) is 24.3 Å². The lowest BCUT2D eigenvalue weighted by molar-refractivity contribution is 0.264. The van der Waals surface area contributed by atoms with Gasteiger partial charge in [0.1, 0.15) is 10.6 Å². The van der Waals surface area contributed by atoms with E-state index >= 15 is 0 Å². The topological polar surface area (TPSA) is 80.8 Å². The number of pyridine rings is 1. The summed E-state index contributed by atoms with van der Waals surface area (Å²) in [6.45, 7) is 1.48. The van der Waals surface area contributed by atoms with E-state index in [1.54, 1.807) is 13.2 Å². The zero-order valence-corrected chi connectivity index (χ0v) is 16.2. The Morgan fingerprint density at radius 1 is 1.15 bits per heavy atom. The summed E-state index contributed by atoms with van der Waals surface area (Å²) in [5.74, 6) is 1.05. The molecule has 7 nitrogen and oxygen atoms in total. The maximum atomic E-state index is 13.1. The molecule has 1 saturated heterocycles. The Morgan fingerprint density at radius 2 is 1.92 bits per heavy atom. The highest BCUT2D eigenvalue weighted by Crippen LogP contribution is 2.33. The fourth-order valence-electron chi connectivity index (χ4n) is 2.96. The lowest BCUT2D eigenvalue weighted by Crippen LogP contribution is -2.48. The second-order valence-corrected chi connectivity index (χ2v) is 7.50. The number of sulfonamides is 1. The van der Waals surface area contributed by atoms with Gasteiger partial charge in [-0.05, 0) is 12.1 Å². The third-order valence-corrected chi connectivity index (χ3v) is 6.11. The number of nitrogens with zero attached hydrogens (tertiary/aromatic N) is 2. The SMILES string of the molecule is COc1ccc(S(=O)(=O)N2CCNCC2c2ccccc2OC)cn1.Cl. The molecule has 1 unspecified atom stereocenters. The average molecular weight is 400 g/mol. The molecule has 1 aromatic carbocycles. The fourth-order valence-corrected chi connectivity index (χ4v) is 4.51. The molecule has 3 rings (SSSR count). The average Bonchev–Trinajstić information content (AvgIpc) is 2.68. The lowest BCUT2D eigenvalue weighted by atomic mass is 10.0. The number of ether oxygens (including phenoxy) is 2. The van der Waals surface area contributed by atoms with Crippen molar-refractivity contribution in [3.05, 3.63) is 48.2 Å². The predicted molar refractivity (Wildman–Crippen MR) is 101 cm³/mol. The van der Waals surface area contributed by atoms with Crippen molar-refractivity contribution in [2.45, 2.75) is 10.9 Å². The van der Waals surface area contributed by atoms with Gasteiger partial charge < -0.3 is 14.8 Å². The van der Waals surface area contributed by atoms with Crippen molar-refractivity contribution in [1.29, 1.82) is 0 Å². The van der Waals surface area contributed by atoms with Crippen LogP contribution in [0.3, 0.4) is 0 Å². The second-order valence-electron chi connectivity index (χ2n) is 5.61. The molecule has 9 heteroatoms.